The summed E-state index contributed by atoms with van der Waals surface area (Å²) < 4.78 is 5.88. The molecule has 3 heteroatoms. The van der Waals surface area contributed by atoms with Gasteiger partial charge in [0.05, 0.1) is 0 Å². The highest BCUT2D eigenvalue weighted by atomic mass is 16.5. The second-order valence-corrected chi connectivity index (χ2v) is 5.68. The maximum absolute atomic E-state index is 13.0. The fourth-order valence-electron chi connectivity index (χ4n) is 2.40. The molecule has 0 bridgehead atoms. The van der Waals surface area contributed by atoms with Gasteiger partial charge in [0.2, 0.25) is 6.10 Å². The summed E-state index contributed by atoms with van der Waals surface area (Å²) >= 11 is 0. The molecule has 0 saturated carbocycles. The molecule has 0 heterocycles. The van der Waals surface area contributed by atoms with Crippen molar-refractivity contribution in [2.45, 2.75) is 6.10 Å². The van der Waals surface area contributed by atoms with Gasteiger partial charge in [0.1, 0.15) is 5.75 Å². The number of hydrogen-bond acceptors (Lipinski definition) is 2. The highest BCUT2D eigenvalue weighted by molar-refractivity contribution is 5.98. The topological polar surface area (TPSA) is 29.5 Å². The lowest BCUT2D eigenvalue weighted by molar-refractivity contribution is -0.122. The monoisotopic (exact) mass is 341 g/mol. The lowest BCUT2D eigenvalue weighted by Gasteiger charge is -2.21. The van der Waals surface area contributed by atoms with E-state index in [9.17, 15) is 4.79 Å². The van der Waals surface area contributed by atoms with Crippen LogP contribution in [0.3, 0.4) is 0 Å². The van der Waals surface area contributed by atoms with E-state index in [1.165, 1.54) is 0 Å². The lowest BCUT2D eigenvalue weighted by atomic mass is 10.2. The minimum absolute atomic E-state index is 0.219. The van der Waals surface area contributed by atoms with Crippen LogP contribution in [-0.2, 0) is 4.79 Å². The molecule has 3 nitrogen and oxygen atoms in total. The van der Waals surface area contributed by atoms with Crippen LogP contribution in [-0.4, -0.2) is 19.1 Å². The second kappa shape index (κ2) is 8.55. The highest BCUT2D eigenvalue weighted by Gasteiger charge is 2.23. The number of nitrogens with zero attached hydrogens (tertiary/aromatic N) is 1. The standard InChI is InChI=1S/C23H19NO2/c1-24(20-13-7-3-8-14-20)23(25)22(26-21-15-9-4-10-16-21)18-17-19-11-5-2-6-12-19/h2-16,22H,1H3. The van der Waals surface area contributed by atoms with Crippen molar-refractivity contribution in [2.24, 2.45) is 0 Å². The van der Waals surface area contributed by atoms with Crippen molar-refractivity contribution in [3.63, 3.8) is 0 Å². The van der Waals surface area contributed by atoms with Crippen LogP contribution in [0.5, 0.6) is 5.75 Å². The van der Waals surface area contributed by atoms with E-state index in [-0.39, 0.29) is 5.91 Å². The van der Waals surface area contributed by atoms with Gasteiger partial charge in [0, 0.05) is 18.3 Å². The summed E-state index contributed by atoms with van der Waals surface area (Å²) in [7, 11) is 1.73. The van der Waals surface area contributed by atoms with Gasteiger partial charge in [-0.1, -0.05) is 60.5 Å². The van der Waals surface area contributed by atoms with E-state index in [0.29, 0.717) is 5.75 Å². The third-order valence-electron chi connectivity index (χ3n) is 3.82. The number of ether oxygens (including phenoxy) is 1. The Morgan fingerprint density at radius 3 is 2.00 bits per heavy atom. The maximum Gasteiger partial charge on any atom is 0.280 e. The quantitative estimate of drug-likeness (QED) is 0.667. The average molecular weight is 341 g/mol. The van der Waals surface area contributed by atoms with Gasteiger partial charge in [0.25, 0.3) is 5.91 Å². The van der Waals surface area contributed by atoms with Crippen molar-refractivity contribution in [3.05, 3.63) is 96.6 Å². The first-order chi connectivity index (χ1) is 12.7. The second-order valence-electron chi connectivity index (χ2n) is 5.68. The van der Waals surface area contributed by atoms with Crippen LogP contribution in [0.2, 0.25) is 0 Å². The molecule has 1 unspecified atom stereocenters. The Hall–Kier alpha value is -3.51. The first-order valence-electron chi connectivity index (χ1n) is 8.35. The third kappa shape index (κ3) is 4.52. The predicted octanol–water partition coefficient (Wildman–Crippen LogP) is 4.15. The van der Waals surface area contributed by atoms with Crippen LogP contribution in [0, 0.1) is 11.8 Å². The Kier molecular flexibility index (Phi) is 5.69. The Labute approximate surface area is 153 Å². The maximum atomic E-state index is 13.0. The van der Waals surface area contributed by atoms with E-state index < -0.39 is 6.10 Å². The Bertz CT molecular complexity index is 896. The molecule has 0 N–H and O–H groups in total. The average Bonchev–Trinajstić information content (AvgIpc) is 2.72. The van der Waals surface area contributed by atoms with E-state index in [0.717, 1.165) is 11.3 Å². The van der Waals surface area contributed by atoms with Crippen LogP contribution in [0.1, 0.15) is 5.56 Å². The zero-order valence-electron chi connectivity index (χ0n) is 14.5. The molecule has 3 rings (SSSR count). The number of anilines is 1. The van der Waals surface area contributed by atoms with Crippen LogP contribution >= 0.6 is 0 Å². The van der Waals surface area contributed by atoms with Crippen LogP contribution in [0.25, 0.3) is 0 Å². The smallest absolute Gasteiger partial charge is 0.280 e. The van der Waals surface area contributed by atoms with Crippen molar-refractivity contribution in [1.29, 1.82) is 0 Å². The summed E-state index contributed by atoms with van der Waals surface area (Å²) in [6.45, 7) is 0. The number of carbonyl (C=O) groups is 1. The summed E-state index contributed by atoms with van der Waals surface area (Å²) in [4.78, 5) is 14.5. The molecule has 128 valence electrons. The summed E-state index contributed by atoms with van der Waals surface area (Å²) in [5, 5.41) is 0. The van der Waals surface area contributed by atoms with Gasteiger partial charge in [-0.05, 0) is 42.3 Å². The van der Waals surface area contributed by atoms with Crippen molar-refractivity contribution in [3.8, 4) is 17.6 Å². The molecule has 1 atom stereocenters. The number of para-hydroxylation sites is 2. The molecule has 0 aliphatic carbocycles. The molecule has 0 aliphatic rings. The molecule has 26 heavy (non-hydrogen) atoms. The molecular weight excluding hydrogens is 322 g/mol. The number of carbonyl (C=O) groups excluding carboxylic acids is 1. The molecule has 3 aromatic rings. The Balaban J connectivity index is 1.87. The van der Waals surface area contributed by atoms with E-state index in [4.69, 9.17) is 4.74 Å². The zero-order chi connectivity index (χ0) is 18.2. The summed E-state index contributed by atoms with van der Waals surface area (Å²) in [5.41, 5.74) is 1.63. The Morgan fingerprint density at radius 1 is 0.846 bits per heavy atom. The largest absolute Gasteiger partial charge is 0.468 e. The number of hydrogen-bond donors (Lipinski definition) is 0. The number of likely N-dealkylation sites (N-methyl/N-ethyl adjacent to an activating group) is 1. The zero-order valence-corrected chi connectivity index (χ0v) is 14.5. The van der Waals surface area contributed by atoms with Gasteiger partial charge < -0.3 is 9.64 Å². The van der Waals surface area contributed by atoms with Crippen molar-refractivity contribution < 1.29 is 9.53 Å². The first kappa shape index (κ1) is 17.3. The van der Waals surface area contributed by atoms with Crippen LogP contribution < -0.4 is 9.64 Å². The fourth-order valence-corrected chi connectivity index (χ4v) is 2.40. The van der Waals surface area contributed by atoms with Gasteiger partial charge in [-0.3, -0.25) is 4.79 Å². The molecule has 1 amide bonds. The van der Waals surface area contributed by atoms with E-state index in [2.05, 4.69) is 11.8 Å². The third-order valence-corrected chi connectivity index (χ3v) is 3.82. The number of rotatable bonds is 4. The number of benzene rings is 3. The fraction of sp³-hybridized carbons (Fsp3) is 0.0870. The molecule has 0 aromatic heterocycles. The predicted molar refractivity (Wildman–Crippen MR) is 104 cm³/mol. The van der Waals surface area contributed by atoms with Crippen molar-refractivity contribution in [2.75, 3.05) is 11.9 Å². The van der Waals surface area contributed by atoms with Crippen LogP contribution in [0.15, 0.2) is 91.0 Å². The van der Waals surface area contributed by atoms with Gasteiger partial charge >= 0.3 is 0 Å². The van der Waals surface area contributed by atoms with Crippen molar-refractivity contribution in [1.82, 2.24) is 0 Å². The first-order valence-corrected chi connectivity index (χ1v) is 8.35. The van der Waals surface area contributed by atoms with E-state index in [1.54, 1.807) is 11.9 Å². The molecule has 0 aliphatic heterocycles. The van der Waals surface area contributed by atoms with E-state index in [1.807, 2.05) is 91.0 Å². The molecule has 0 radical (unpaired) electrons. The number of amides is 1. The van der Waals surface area contributed by atoms with Crippen LogP contribution in [0.4, 0.5) is 5.69 Å². The Morgan fingerprint density at radius 2 is 1.38 bits per heavy atom. The van der Waals surface area contributed by atoms with Gasteiger partial charge in [0.15, 0.2) is 0 Å². The molecule has 0 fully saturated rings. The van der Waals surface area contributed by atoms with Gasteiger partial charge in [-0.15, -0.1) is 0 Å². The summed E-state index contributed by atoms with van der Waals surface area (Å²) in [6, 6.07) is 28.3. The SMILES string of the molecule is CN(C(=O)C(C#Cc1ccccc1)Oc1ccccc1)c1ccccc1. The minimum Gasteiger partial charge on any atom is -0.468 e. The summed E-state index contributed by atoms with van der Waals surface area (Å²) in [6.07, 6.45) is -0.900. The normalized spacial score (nSPS) is 11.0. The van der Waals surface area contributed by atoms with Gasteiger partial charge in [-0.2, -0.15) is 0 Å². The van der Waals surface area contributed by atoms with E-state index >= 15 is 0 Å². The minimum atomic E-state index is -0.900. The molecule has 0 spiro atoms. The van der Waals surface area contributed by atoms with Crippen molar-refractivity contribution >= 4 is 11.6 Å². The summed E-state index contributed by atoms with van der Waals surface area (Å²) in [5.74, 6) is 6.39. The lowest BCUT2D eigenvalue weighted by Crippen LogP contribution is -2.39. The van der Waals surface area contributed by atoms with Gasteiger partial charge in [-0.25, -0.2) is 0 Å². The highest BCUT2D eigenvalue weighted by Crippen LogP contribution is 2.16. The molecule has 0 saturated heterocycles. The molecule has 3 aromatic carbocycles. The molecular formula is C23H19NO2.